The summed E-state index contributed by atoms with van der Waals surface area (Å²) in [5, 5.41) is 14.5. The molecule has 0 amide bonds. The van der Waals surface area contributed by atoms with Gasteiger partial charge in [0.15, 0.2) is 5.79 Å². The van der Waals surface area contributed by atoms with Gasteiger partial charge in [0.2, 0.25) is 0 Å². The van der Waals surface area contributed by atoms with Crippen molar-refractivity contribution in [3.05, 3.63) is 22.5 Å². The molecule has 2 fully saturated rings. The molecule has 1 aromatic heterocycles. The van der Waals surface area contributed by atoms with Gasteiger partial charge in [-0.2, -0.15) is 5.10 Å². The summed E-state index contributed by atoms with van der Waals surface area (Å²) >= 11 is 0. The summed E-state index contributed by atoms with van der Waals surface area (Å²) < 4.78 is 12.6. The van der Waals surface area contributed by atoms with Crippen LogP contribution in [0.1, 0.15) is 26.3 Å². The third-order valence-corrected chi connectivity index (χ3v) is 3.08. The molecule has 0 unspecified atom stereocenters. The molecule has 1 aliphatic carbocycles. The molecular formula is C10H15N3O4. The zero-order chi connectivity index (χ0) is 11.2. The maximum atomic E-state index is 10.5. The predicted octanol–water partition coefficient (Wildman–Crippen LogP) is 1.51. The smallest absolute Gasteiger partial charge is 0.307 e. The number of hydrogen-bond donors (Lipinski definition) is 0. The Kier molecular flexibility index (Phi) is 2.88. The van der Waals surface area contributed by atoms with Crippen molar-refractivity contribution in [2.75, 3.05) is 13.2 Å². The van der Waals surface area contributed by atoms with Gasteiger partial charge in [0.25, 0.3) is 0 Å². The fourth-order valence-corrected chi connectivity index (χ4v) is 2.20. The lowest BCUT2D eigenvalue weighted by atomic mass is 9.85. The normalized spacial score (nSPS) is 22.1. The summed E-state index contributed by atoms with van der Waals surface area (Å²) in [4.78, 5) is 10.1. The summed E-state index contributed by atoms with van der Waals surface area (Å²) in [6.45, 7) is 1.26. The van der Waals surface area contributed by atoms with Crippen molar-refractivity contribution in [1.82, 2.24) is 9.78 Å². The van der Waals surface area contributed by atoms with Gasteiger partial charge in [-0.1, -0.05) is 7.43 Å². The Morgan fingerprint density at radius 3 is 2.65 bits per heavy atom. The van der Waals surface area contributed by atoms with E-state index in [1.807, 2.05) is 0 Å². The highest BCUT2D eigenvalue weighted by Gasteiger charge is 2.50. The fraction of sp³-hybridized carbons (Fsp3) is 0.700. The van der Waals surface area contributed by atoms with Crippen LogP contribution in [-0.4, -0.2) is 33.7 Å². The summed E-state index contributed by atoms with van der Waals surface area (Å²) in [7, 11) is 0. The summed E-state index contributed by atoms with van der Waals surface area (Å²) in [5.74, 6) is -0.439. The van der Waals surface area contributed by atoms with E-state index in [-0.39, 0.29) is 19.2 Å². The van der Waals surface area contributed by atoms with Gasteiger partial charge in [-0.3, -0.25) is 14.8 Å². The molecule has 17 heavy (non-hydrogen) atoms. The molecule has 0 bridgehead atoms. The van der Waals surface area contributed by atoms with Crippen LogP contribution < -0.4 is 0 Å². The Morgan fingerprint density at radius 1 is 1.47 bits per heavy atom. The first-order valence-corrected chi connectivity index (χ1v) is 5.15. The fourth-order valence-electron chi connectivity index (χ4n) is 2.20. The maximum Gasteiger partial charge on any atom is 0.307 e. The molecule has 1 aromatic rings. The van der Waals surface area contributed by atoms with Crippen molar-refractivity contribution in [3.63, 3.8) is 0 Å². The molecule has 1 saturated heterocycles. The van der Waals surface area contributed by atoms with E-state index in [9.17, 15) is 10.1 Å². The summed E-state index contributed by atoms with van der Waals surface area (Å²) in [6, 6.07) is 0.145. The van der Waals surface area contributed by atoms with Gasteiger partial charge in [0.1, 0.15) is 12.4 Å². The van der Waals surface area contributed by atoms with E-state index in [0.29, 0.717) is 26.1 Å². The van der Waals surface area contributed by atoms with Gasteiger partial charge in [-0.15, -0.1) is 0 Å². The van der Waals surface area contributed by atoms with Crippen LogP contribution in [0.2, 0.25) is 0 Å². The Morgan fingerprint density at radius 2 is 2.12 bits per heavy atom. The lowest BCUT2D eigenvalue weighted by molar-refractivity contribution is -0.385. The molecule has 0 atom stereocenters. The van der Waals surface area contributed by atoms with Crippen LogP contribution in [0.15, 0.2) is 12.4 Å². The largest absolute Gasteiger partial charge is 0.347 e. The second kappa shape index (κ2) is 4.08. The van der Waals surface area contributed by atoms with Crippen LogP contribution in [0.3, 0.4) is 0 Å². The average Bonchev–Trinajstić information content (AvgIpc) is 2.84. The Hall–Kier alpha value is -1.47. The van der Waals surface area contributed by atoms with Crippen LogP contribution in [0.4, 0.5) is 5.69 Å². The number of nitro groups is 1. The molecule has 1 spiro atoms. The second-order valence-electron chi connectivity index (χ2n) is 4.11. The molecule has 1 saturated carbocycles. The topological polar surface area (TPSA) is 79.4 Å². The van der Waals surface area contributed by atoms with E-state index in [1.165, 1.54) is 12.4 Å². The van der Waals surface area contributed by atoms with Crippen molar-refractivity contribution < 1.29 is 14.4 Å². The molecule has 0 N–H and O–H groups in total. The molecule has 0 radical (unpaired) electrons. The minimum Gasteiger partial charge on any atom is -0.347 e. The van der Waals surface area contributed by atoms with E-state index >= 15 is 0 Å². The lowest BCUT2D eigenvalue weighted by Crippen LogP contribution is -2.45. The van der Waals surface area contributed by atoms with Crippen LogP contribution >= 0.6 is 0 Å². The Bertz CT molecular complexity index is 417. The SMILES string of the molecule is C.O=[N+]([O-])c1cnn(C2CC3(C2)OCCO3)c1. The Balaban J connectivity index is 0.00000108. The van der Waals surface area contributed by atoms with Crippen molar-refractivity contribution >= 4 is 5.69 Å². The quantitative estimate of drug-likeness (QED) is 0.579. The van der Waals surface area contributed by atoms with Crippen molar-refractivity contribution in [1.29, 1.82) is 0 Å². The van der Waals surface area contributed by atoms with Crippen molar-refractivity contribution in [2.45, 2.75) is 32.1 Å². The van der Waals surface area contributed by atoms with E-state index < -0.39 is 10.7 Å². The third kappa shape index (κ3) is 1.91. The van der Waals surface area contributed by atoms with Gasteiger partial charge in [0.05, 0.1) is 24.2 Å². The van der Waals surface area contributed by atoms with Crippen LogP contribution in [-0.2, 0) is 9.47 Å². The van der Waals surface area contributed by atoms with Gasteiger partial charge in [-0.05, 0) is 0 Å². The molecule has 2 heterocycles. The monoisotopic (exact) mass is 241 g/mol. The molecule has 3 rings (SSSR count). The van der Waals surface area contributed by atoms with Crippen LogP contribution in [0.25, 0.3) is 0 Å². The first-order valence-electron chi connectivity index (χ1n) is 5.15. The molecule has 94 valence electrons. The standard InChI is InChI=1S/C9H11N3O4.CH4/c13-12(14)8-5-10-11(6-8)7-3-9(4-7)15-1-2-16-9;/h5-7H,1-4H2;1H4. The van der Waals surface area contributed by atoms with E-state index in [1.54, 1.807) is 4.68 Å². The highest BCUT2D eigenvalue weighted by molar-refractivity contribution is 5.21. The Labute approximate surface area is 98.5 Å². The summed E-state index contributed by atoms with van der Waals surface area (Å²) in [5.41, 5.74) is 0.0224. The molecule has 7 heteroatoms. The number of rotatable bonds is 2. The highest BCUT2D eigenvalue weighted by Crippen LogP contribution is 2.46. The van der Waals surface area contributed by atoms with E-state index in [0.717, 1.165) is 0 Å². The maximum absolute atomic E-state index is 10.5. The zero-order valence-corrected chi connectivity index (χ0v) is 8.54. The van der Waals surface area contributed by atoms with Gasteiger partial charge < -0.3 is 9.47 Å². The molecular weight excluding hydrogens is 226 g/mol. The first kappa shape index (κ1) is 12.0. The molecule has 0 aromatic carbocycles. The first-order chi connectivity index (χ1) is 7.69. The second-order valence-corrected chi connectivity index (χ2v) is 4.11. The van der Waals surface area contributed by atoms with E-state index in [2.05, 4.69) is 5.10 Å². The molecule has 1 aliphatic heterocycles. The number of ether oxygens (including phenoxy) is 2. The zero-order valence-electron chi connectivity index (χ0n) is 8.54. The number of nitrogens with zero attached hydrogens (tertiary/aromatic N) is 3. The molecule has 7 nitrogen and oxygen atoms in total. The van der Waals surface area contributed by atoms with Crippen LogP contribution in [0, 0.1) is 10.1 Å². The van der Waals surface area contributed by atoms with Crippen LogP contribution in [0.5, 0.6) is 0 Å². The van der Waals surface area contributed by atoms with Gasteiger partial charge >= 0.3 is 5.69 Å². The number of hydrogen-bond acceptors (Lipinski definition) is 5. The average molecular weight is 241 g/mol. The summed E-state index contributed by atoms with van der Waals surface area (Å²) in [6.07, 6.45) is 4.14. The minimum absolute atomic E-state index is 0. The van der Waals surface area contributed by atoms with Crippen molar-refractivity contribution in [2.24, 2.45) is 0 Å². The number of aromatic nitrogens is 2. The molecule has 2 aliphatic rings. The highest BCUT2D eigenvalue weighted by atomic mass is 16.7. The predicted molar refractivity (Wildman–Crippen MR) is 58.5 cm³/mol. The third-order valence-electron chi connectivity index (χ3n) is 3.08. The minimum atomic E-state index is -0.444. The lowest BCUT2D eigenvalue weighted by Gasteiger charge is -2.42. The van der Waals surface area contributed by atoms with Gasteiger partial charge in [0, 0.05) is 12.8 Å². The van der Waals surface area contributed by atoms with Gasteiger partial charge in [-0.25, -0.2) is 0 Å². The van der Waals surface area contributed by atoms with Crippen molar-refractivity contribution in [3.8, 4) is 0 Å². The van der Waals surface area contributed by atoms with E-state index in [4.69, 9.17) is 9.47 Å².